The quantitative estimate of drug-likeness (QED) is 0.674. The van der Waals surface area contributed by atoms with Crippen molar-refractivity contribution in [3.8, 4) is 0 Å². The van der Waals surface area contributed by atoms with Crippen LogP contribution in [0.25, 0.3) is 0 Å². The van der Waals surface area contributed by atoms with E-state index in [0.717, 1.165) is 5.69 Å². The van der Waals surface area contributed by atoms with Crippen LogP contribution in [-0.4, -0.2) is 25.5 Å². The minimum Gasteiger partial charge on any atom is -0.288 e. The molecule has 0 aliphatic rings. The number of hydrogen-bond acceptors (Lipinski definition) is 4. The van der Waals surface area contributed by atoms with Gasteiger partial charge in [0.25, 0.3) is 0 Å². The standard InChI is InChI=1S/C10H10N4O/c1-7-9(5-13-14(7)2)10(15)8-3-11-6-12-4-8/h3-6H,1-2H3. The first kappa shape index (κ1) is 9.51. The summed E-state index contributed by atoms with van der Waals surface area (Å²) in [5, 5.41) is 4.02. The Bertz CT molecular complexity index is 489. The first-order valence-electron chi connectivity index (χ1n) is 4.48. The van der Waals surface area contributed by atoms with E-state index >= 15 is 0 Å². The third kappa shape index (κ3) is 1.63. The lowest BCUT2D eigenvalue weighted by molar-refractivity contribution is 0.103. The van der Waals surface area contributed by atoms with Crippen LogP contribution in [0, 0.1) is 6.92 Å². The Morgan fingerprint density at radius 3 is 2.47 bits per heavy atom. The first-order valence-corrected chi connectivity index (χ1v) is 4.48. The van der Waals surface area contributed by atoms with Crippen molar-refractivity contribution < 1.29 is 4.79 Å². The molecule has 0 spiro atoms. The highest BCUT2D eigenvalue weighted by Gasteiger charge is 2.14. The van der Waals surface area contributed by atoms with Crippen LogP contribution in [0.15, 0.2) is 24.9 Å². The third-order valence-electron chi connectivity index (χ3n) is 2.30. The number of aromatic nitrogens is 4. The molecular weight excluding hydrogens is 192 g/mol. The summed E-state index contributed by atoms with van der Waals surface area (Å²) in [7, 11) is 1.80. The summed E-state index contributed by atoms with van der Waals surface area (Å²) in [5.41, 5.74) is 1.91. The van der Waals surface area contributed by atoms with Gasteiger partial charge in [0.1, 0.15) is 6.33 Å². The predicted molar refractivity (Wildman–Crippen MR) is 53.4 cm³/mol. The fourth-order valence-electron chi connectivity index (χ4n) is 1.29. The first-order chi connectivity index (χ1) is 7.20. The second-order valence-corrected chi connectivity index (χ2v) is 3.22. The molecule has 0 radical (unpaired) electrons. The SMILES string of the molecule is Cc1c(C(=O)c2cncnc2)cnn1C. The average molecular weight is 202 g/mol. The van der Waals surface area contributed by atoms with Gasteiger partial charge in [-0.3, -0.25) is 9.48 Å². The molecule has 0 aromatic carbocycles. The molecule has 15 heavy (non-hydrogen) atoms. The minimum absolute atomic E-state index is 0.0961. The molecule has 5 heteroatoms. The number of nitrogens with zero attached hydrogens (tertiary/aromatic N) is 4. The van der Waals surface area contributed by atoms with Gasteiger partial charge in [-0.2, -0.15) is 5.10 Å². The maximum Gasteiger partial charge on any atom is 0.199 e. The molecule has 0 amide bonds. The number of carbonyl (C=O) groups is 1. The van der Waals surface area contributed by atoms with E-state index < -0.39 is 0 Å². The number of aryl methyl sites for hydroxylation is 1. The summed E-state index contributed by atoms with van der Waals surface area (Å²) < 4.78 is 1.66. The van der Waals surface area contributed by atoms with Crippen molar-refractivity contribution in [2.45, 2.75) is 6.92 Å². The van der Waals surface area contributed by atoms with Crippen molar-refractivity contribution in [1.29, 1.82) is 0 Å². The number of ketones is 1. The van der Waals surface area contributed by atoms with Crippen LogP contribution in [0.2, 0.25) is 0 Å². The van der Waals surface area contributed by atoms with Crippen molar-refractivity contribution >= 4 is 5.78 Å². The van der Waals surface area contributed by atoms with Crippen LogP contribution in [0.4, 0.5) is 0 Å². The zero-order chi connectivity index (χ0) is 10.8. The van der Waals surface area contributed by atoms with Gasteiger partial charge in [0, 0.05) is 25.1 Å². The average Bonchev–Trinajstić information content (AvgIpc) is 2.60. The molecule has 0 aliphatic carbocycles. The van der Waals surface area contributed by atoms with Crippen molar-refractivity contribution in [2.24, 2.45) is 7.05 Å². The number of rotatable bonds is 2. The van der Waals surface area contributed by atoms with E-state index in [2.05, 4.69) is 15.1 Å². The second-order valence-electron chi connectivity index (χ2n) is 3.22. The highest BCUT2D eigenvalue weighted by atomic mass is 16.1. The fraction of sp³-hybridized carbons (Fsp3) is 0.200. The molecule has 0 fully saturated rings. The summed E-state index contributed by atoms with van der Waals surface area (Å²) in [6, 6.07) is 0. The lowest BCUT2D eigenvalue weighted by Crippen LogP contribution is -2.04. The summed E-state index contributed by atoms with van der Waals surface area (Å²) >= 11 is 0. The van der Waals surface area contributed by atoms with Gasteiger partial charge in [-0.15, -0.1) is 0 Å². The smallest absolute Gasteiger partial charge is 0.199 e. The van der Waals surface area contributed by atoms with Gasteiger partial charge in [0.2, 0.25) is 0 Å². The van der Waals surface area contributed by atoms with Gasteiger partial charge in [0.05, 0.1) is 17.3 Å². The van der Waals surface area contributed by atoms with Gasteiger partial charge in [0.15, 0.2) is 5.78 Å². The summed E-state index contributed by atoms with van der Waals surface area (Å²) in [6.45, 7) is 1.85. The predicted octanol–water partition coefficient (Wildman–Crippen LogP) is 0.750. The normalized spacial score (nSPS) is 10.3. The molecule has 2 aromatic rings. The summed E-state index contributed by atoms with van der Waals surface area (Å²) in [4.78, 5) is 19.6. The van der Waals surface area contributed by atoms with E-state index in [-0.39, 0.29) is 5.78 Å². The Kier molecular flexibility index (Phi) is 2.29. The maximum absolute atomic E-state index is 11.9. The number of carbonyl (C=O) groups excluding carboxylic acids is 1. The van der Waals surface area contributed by atoms with Gasteiger partial charge in [-0.1, -0.05) is 0 Å². The molecule has 5 nitrogen and oxygen atoms in total. The molecule has 0 aliphatic heterocycles. The summed E-state index contributed by atoms with van der Waals surface area (Å²) in [5.74, 6) is -0.0961. The number of hydrogen-bond donors (Lipinski definition) is 0. The van der Waals surface area contributed by atoms with Gasteiger partial charge >= 0.3 is 0 Å². The topological polar surface area (TPSA) is 60.7 Å². The lowest BCUT2D eigenvalue weighted by Gasteiger charge is -1.98. The van der Waals surface area contributed by atoms with E-state index in [1.807, 2.05) is 6.92 Å². The van der Waals surface area contributed by atoms with E-state index in [9.17, 15) is 4.79 Å². The van der Waals surface area contributed by atoms with Crippen LogP contribution >= 0.6 is 0 Å². The fourth-order valence-corrected chi connectivity index (χ4v) is 1.29. The monoisotopic (exact) mass is 202 g/mol. The largest absolute Gasteiger partial charge is 0.288 e. The molecule has 0 saturated carbocycles. The Balaban J connectivity index is 2.42. The van der Waals surface area contributed by atoms with E-state index in [0.29, 0.717) is 11.1 Å². The Labute approximate surface area is 86.8 Å². The molecule has 0 N–H and O–H groups in total. The molecule has 0 atom stereocenters. The highest BCUT2D eigenvalue weighted by molar-refractivity contribution is 6.09. The van der Waals surface area contributed by atoms with Crippen molar-refractivity contribution in [3.63, 3.8) is 0 Å². The second kappa shape index (κ2) is 3.61. The maximum atomic E-state index is 11.9. The lowest BCUT2D eigenvalue weighted by atomic mass is 10.1. The van der Waals surface area contributed by atoms with Crippen molar-refractivity contribution in [3.05, 3.63) is 41.7 Å². The highest BCUT2D eigenvalue weighted by Crippen LogP contribution is 2.11. The van der Waals surface area contributed by atoms with Gasteiger partial charge in [-0.05, 0) is 6.92 Å². The summed E-state index contributed by atoms with van der Waals surface area (Å²) in [6.07, 6.45) is 5.96. The Morgan fingerprint density at radius 2 is 1.93 bits per heavy atom. The molecular formula is C10H10N4O. The Morgan fingerprint density at radius 1 is 1.27 bits per heavy atom. The van der Waals surface area contributed by atoms with Crippen LogP contribution in [-0.2, 0) is 7.05 Å². The van der Waals surface area contributed by atoms with Crippen LogP contribution in [0.1, 0.15) is 21.6 Å². The molecule has 2 aromatic heterocycles. The molecule has 2 heterocycles. The van der Waals surface area contributed by atoms with E-state index in [1.54, 1.807) is 17.9 Å². The van der Waals surface area contributed by atoms with E-state index in [1.165, 1.54) is 18.7 Å². The zero-order valence-corrected chi connectivity index (χ0v) is 8.51. The molecule has 0 saturated heterocycles. The third-order valence-corrected chi connectivity index (χ3v) is 2.30. The van der Waals surface area contributed by atoms with E-state index in [4.69, 9.17) is 0 Å². The van der Waals surface area contributed by atoms with Crippen LogP contribution < -0.4 is 0 Å². The molecule has 0 unspecified atom stereocenters. The molecule has 0 bridgehead atoms. The van der Waals surface area contributed by atoms with Gasteiger partial charge < -0.3 is 0 Å². The zero-order valence-electron chi connectivity index (χ0n) is 8.51. The van der Waals surface area contributed by atoms with Gasteiger partial charge in [-0.25, -0.2) is 9.97 Å². The van der Waals surface area contributed by atoms with Crippen molar-refractivity contribution in [2.75, 3.05) is 0 Å². The van der Waals surface area contributed by atoms with Crippen LogP contribution in [0.3, 0.4) is 0 Å². The van der Waals surface area contributed by atoms with Crippen LogP contribution in [0.5, 0.6) is 0 Å². The minimum atomic E-state index is -0.0961. The van der Waals surface area contributed by atoms with Crippen molar-refractivity contribution in [1.82, 2.24) is 19.7 Å². The molecule has 76 valence electrons. The Hall–Kier alpha value is -2.04. The molecule has 2 rings (SSSR count).